The lowest BCUT2D eigenvalue weighted by Gasteiger charge is -2.10. The molecular weight excluding hydrogens is 266 g/mol. The molecule has 1 heterocycles. The third kappa shape index (κ3) is 5.30. The first-order chi connectivity index (χ1) is 10.2. The maximum absolute atomic E-state index is 8.81. The van der Waals surface area contributed by atoms with Crippen LogP contribution < -0.4 is 10.1 Å². The van der Waals surface area contributed by atoms with Crippen molar-refractivity contribution in [1.82, 2.24) is 9.78 Å². The zero-order valence-corrected chi connectivity index (χ0v) is 13.7. The summed E-state index contributed by atoms with van der Waals surface area (Å²) in [5.41, 5.74) is 3.13. The minimum absolute atomic E-state index is 0.750. The van der Waals surface area contributed by atoms with Gasteiger partial charge in [-0.2, -0.15) is 5.10 Å². The Kier molecular flexibility index (Phi) is 9.33. The van der Waals surface area contributed by atoms with E-state index >= 15 is 0 Å². The standard InChI is InChI=1S/C12H15N3O.C2H4O.C2H6/c1-13-9-4-5-12(16-3)10(8-9)11-6-7-14-15(11)2;1-2-3;1-2/h4-8,13H,1-3H3;2H,1H3;1-2H3. The molecule has 0 aliphatic rings. The number of hydrogen-bond donors (Lipinski definition) is 1. The van der Waals surface area contributed by atoms with Crippen LogP contribution in [0.4, 0.5) is 5.69 Å². The second kappa shape index (κ2) is 10.5. The Bertz CT molecular complexity index is 536. The molecule has 0 saturated carbocycles. The summed E-state index contributed by atoms with van der Waals surface area (Å²) in [7, 11) is 5.49. The molecule has 2 rings (SSSR count). The van der Waals surface area contributed by atoms with E-state index < -0.39 is 0 Å². The first kappa shape index (κ1) is 18.7. The lowest BCUT2D eigenvalue weighted by molar-refractivity contribution is -0.106. The molecule has 0 aliphatic heterocycles. The molecule has 0 bridgehead atoms. The van der Waals surface area contributed by atoms with E-state index in [4.69, 9.17) is 9.53 Å². The molecular formula is C16H25N3O2. The number of rotatable bonds is 3. The van der Waals surface area contributed by atoms with Gasteiger partial charge in [0.15, 0.2) is 0 Å². The van der Waals surface area contributed by atoms with E-state index in [2.05, 4.69) is 16.5 Å². The van der Waals surface area contributed by atoms with Gasteiger partial charge in [-0.3, -0.25) is 4.68 Å². The highest BCUT2D eigenvalue weighted by Crippen LogP contribution is 2.31. The van der Waals surface area contributed by atoms with Crippen molar-refractivity contribution in [3.8, 4) is 17.0 Å². The Hall–Kier alpha value is -2.30. The molecule has 116 valence electrons. The minimum Gasteiger partial charge on any atom is -0.496 e. The SMILES string of the molecule is CC.CC=O.CNc1ccc(OC)c(-c2ccnn2C)c1. The van der Waals surface area contributed by atoms with Crippen LogP contribution in [0.5, 0.6) is 5.75 Å². The van der Waals surface area contributed by atoms with E-state index in [9.17, 15) is 0 Å². The number of nitrogens with one attached hydrogen (secondary N) is 1. The number of carbonyl (C=O) groups excluding carboxylic acids is 1. The largest absolute Gasteiger partial charge is 0.496 e. The second-order valence-corrected chi connectivity index (χ2v) is 3.74. The highest BCUT2D eigenvalue weighted by molar-refractivity contribution is 5.72. The normalized spacial score (nSPS) is 8.67. The predicted molar refractivity (Wildman–Crippen MR) is 87.8 cm³/mol. The van der Waals surface area contributed by atoms with Crippen molar-refractivity contribution < 1.29 is 9.53 Å². The summed E-state index contributed by atoms with van der Waals surface area (Å²) in [5.74, 6) is 0.850. The van der Waals surface area contributed by atoms with Gasteiger partial charge in [-0.25, -0.2) is 0 Å². The third-order valence-corrected chi connectivity index (χ3v) is 2.59. The predicted octanol–water partition coefficient (Wildman–Crippen LogP) is 3.37. The van der Waals surface area contributed by atoms with Crippen molar-refractivity contribution in [3.63, 3.8) is 0 Å². The summed E-state index contributed by atoms with van der Waals surface area (Å²) in [6, 6.07) is 7.96. The molecule has 1 aromatic heterocycles. The van der Waals surface area contributed by atoms with Gasteiger partial charge in [0.25, 0.3) is 0 Å². The fourth-order valence-electron chi connectivity index (χ4n) is 1.70. The van der Waals surface area contributed by atoms with Gasteiger partial charge in [-0.15, -0.1) is 0 Å². The molecule has 2 aromatic rings. The molecule has 1 aromatic carbocycles. The average molecular weight is 291 g/mol. The molecule has 0 amide bonds. The highest BCUT2D eigenvalue weighted by atomic mass is 16.5. The highest BCUT2D eigenvalue weighted by Gasteiger charge is 2.09. The number of ether oxygens (including phenoxy) is 1. The van der Waals surface area contributed by atoms with E-state index in [1.165, 1.54) is 6.92 Å². The molecule has 5 heteroatoms. The lowest BCUT2D eigenvalue weighted by Crippen LogP contribution is -1.97. The number of carbonyl (C=O) groups is 1. The van der Waals surface area contributed by atoms with Crippen molar-refractivity contribution in [2.45, 2.75) is 20.8 Å². The smallest absolute Gasteiger partial charge is 0.128 e. The fraction of sp³-hybridized carbons (Fsp3) is 0.375. The molecule has 21 heavy (non-hydrogen) atoms. The number of aromatic nitrogens is 2. The van der Waals surface area contributed by atoms with Crippen LogP contribution >= 0.6 is 0 Å². The number of nitrogens with zero attached hydrogens (tertiary/aromatic N) is 2. The van der Waals surface area contributed by atoms with Crippen molar-refractivity contribution >= 4 is 12.0 Å². The van der Waals surface area contributed by atoms with Gasteiger partial charge in [0.05, 0.1) is 12.8 Å². The summed E-state index contributed by atoms with van der Waals surface area (Å²) < 4.78 is 7.19. The number of aldehydes is 1. The summed E-state index contributed by atoms with van der Waals surface area (Å²) in [6.07, 6.45) is 2.53. The zero-order valence-electron chi connectivity index (χ0n) is 13.7. The number of aryl methyl sites for hydroxylation is 1. The Morgan fingerprint density at radius 2 is 1.90 bits per heavy atom. The number of benzene rings is 1. The third-order valence-electron chi connectivity index (χ3n) is 2.59. The molecule has 1 N–H and O–H groups in total. The minimum atomic E-state index is 0.750. The van der Waals surface area contributed by atoms with E-state index in [0.717, 1.165) is 29.0 Å². The summed E-state index contributed by atoms with van der Waals surface area (Å²) >= 11 is 0. The Morgan fingerprint density at radius 3 is 2.33 bits per heavy atom. The quantitative estimate of drug-likeness (QED) is 0.881. The first-order valence-electron chi connectivity index (χ1n) is 6.91. The topological polar surface area (TPSA) is 56.1 Å². The van der Waals surface area contributed by atoms with E-state index in [1.807, 2.05) is 50.8 Å². The van der Waals surface area contributed by atoms with Crippen molar-refractivity contribution in [2.75, 3.05) is 19.5 Å². The van der Waals surface area contributed by atoms with Gasteiger partial charge in [-0.1, -0.05) is 13.8 Å². The van der Waals surface area contributed by atoms with Gasteiger partial charge < -0.3 is 14.8 Å². The van der Waals surface area contributed by atoms with Gasteiger partial charge in [0, 0.05) is 31.5 Å². The van der Waals surface area contributed by atoms with Crippen LogP contribution in [0.3, 0.4) is 0 Å². The number of anilines is 1. The Balaban J connectivity index is 0.000000713. The number of hydrogen-bond acceptors (Lipinski definition) is 4. The average Bonchev–Trinajstić information content (AvgIpc) is 2.95. The maximum Gasteiger partial charge on any atom is 0.128 e. The van der Waals surface area contributed by atoms with Crippen LogP contribution in [-0.4, -0.2) is 30.2 Å². The van der Waals surface area contributed by atoms with Gasteiger partial charge in [0.1, 0.15) is 12.0 Å². The molecule has 0 unspecified atom stereocenters. The molecule has 0 fully saturated rings. The van der Waals surface area contributed by atoms with Crippen molar-refractivity contribution in [2.24, 2.45) is 7.05 Å². The van der Waals surface area contributed by atoms with E-state index in [1.54, 1.807) is 13.3 Å². The molecule has 0 spiro atoms. The van der Waals surface area contributed by atoms with Crippen LogP contribution in [0, 0.1) is 0 Å². The fourth-order valence-corrected chi connectivity index (χ4v) is 1.70. The maximum atomic E-state index is 8.81. The summed E-state index contributed by atoms with van der Waals surface area (Å²) in [4.78, 5) is 8.81. The van der Waals surface area contributed by atoms with Crippen molar-refractivity contribution in [3.05, 3.63) is 30.5 Å². The molecule has 0 saturated heterocycles. The van der Waals surface area contributed by atoms with E-state index in [0.29, 0.717) is 0 Å². The van der Waals surface area contributed by atoms with Crippen LogP contribution in [0.25, 0.3) is 11.3 Å². The van der Waals surface area contributed by atoms with Crippen molar-refractivity contribution in [1.29, 1.82) is 0 Å². The Labute approximate surface area is 126 Å². The molecule has 0 radical (unpaired) electrons. The summed E-state index contributed by atoms with van der Waals surface area (Å²) in [5, 5.41) is 7.28. The van der Waals surface area contributed by atoms with Gasteiger partial charge >= 0.3 is 0 Å². The van der Waals surface area contributed by atoms with Crippen LogP contribution in [0.15, 0.2) is 30.5 Å². The molecule has 5 nitrogen and oxygen atoms in total. The first-order valence-corrected chi connectivity index (χ1v) is 6.91. The lowest BCUT2D eigenvalue weighted by atomic mass is 10.1. The monoisotopic (exact) mass is 291 g/mol. The van der Waals surface area contributed by atoms with Crippen LogP contribution in [0.2, 0.25) is 0 Å². The molecule has 0 atom stereocenters. The van der Waals surface area contributed by atoms with Gasteiger partial charge in [0.2, 0.25) is 0 Å². The van der Waals surface area contributed by atoms with Crippen LogP contribution in [0.1, 0.15) is 20.8 Å². The zero-order chi connectivity index (χ0) is 16.3. The number of methoxy groups -OCH3 is 1. The van der Waals surface area contributed by atoms with Gasteiger partial charge in [-0.05, 0) is 31.2 Å². The van der Waals surface area contributed by atoms with Crippen LogP contribution in [-0.2, 0) is 11.8 Å². The second-order valence-electron chi connectivity index (χ2n) is 3.74. The summed E-state index contributed by atoms with van der Waals surface area (Å²) in [6.45, 7) is 5.44. The van der Waals surface area contributed by atoms with E-state index in [-0.39, 0.29) is 0 Å². The Morgan fingerprint density at radius 1 is 1.29 bits per heavy atom. The molecule has 0 aliphatic carbocycles.